The van der Waals surface area contributed by atoms with Crippen molar-refractivity contribution in [3.8, 4) is 0 Å². The van der Waals surface area contributed by atoms with Crippen LogP contribution >= 0.6 is 23.8 Å². The van der Waals surface area contributed by atoms with E-state index < -0.39 is 11.6 Å². The summed E-state index contributed by atoms with van der Waals surface area (Å²) >= 11 is 11.6. The lowest BCUT2D eigenvalue weighted by Crippen LogP contribution is -2.48. The van der Waals surface area contributed by atoms with Gasteiger partial charge in [-0.05, 0) is 61.7 Å². The van der Waals surface area contributed by atoms with E-state index in [0.29, 0.717) is 0 Å². The molecule has 0 bridgehead atoms. The van der Waals surface area contributed by atoms with Gasteiger partial charge in [-0.3, -0.25) is 0 Å². The number of para-hydroxylation sites is 1. The molecule has 138 valence electrons. The molecule has 0 spiro atoms. The fraction of sp³-hybridized carbons (Fsp3) is 0.350. The zero-order chi connectivity index (χ0) is 18.6. The maximum absolute atomic E-state index is 13.8. The van der Waals surface area contributed by atoms with Gasteiger partial charge >= 0.3 is 0 Å². The largest absolute Gasteiger partial charge is 0.357 e. The Morgan fingerprint density at radius 1 is 1.04 bits per heavy atom. The van der Waals surface area contributed by atoms with Gasteiger partial charge in [0.2, 0.25) is 0 Å². The molecular weight excluding hydrogens is 374 g/mol. The van der Waals surface area contributed by atoms with E-state index in [1.807, 2.05) is 24.3 Å². The first-order valence-electron chi connectivity index (χ1n) is 8.76. The van der Waals surface area contributed by atoms with E-state index in [9.17, 15) is 8.78 Å². The van der Waals surface area contributed by atoms with Gasteiger partial charge in [-0.15, -0.1) is 0 Å². The minimum Gasteiger partial charge on any atom is -0.357 e. The predicted octanol–water partition coefficient (Wildman–Crippen LogP) is 5.85. The summed E-state index contributed by atoms with van der Waals surface area (Å²) in [4.78, 5) is 0. The van der Waals surface area contributed by atoms with Crippen molar-refractivity contribution >= 4 is 34.6 Å². The summed E-state index contributed by atoms with van der Waals surface area (Å²) in [6, 6.07) is 11.5. The standard InChI is InChI=1S/C20H21ClF2N2S/c21-15-7-2-1-6-14(15)10-13-20(11-3-4-12-20)25-19(26)24-18-16(22)8-5-9-17(18)23/h1-2,5-9H,3-4,10-13H2,(H2,24,25,26). The number of halogens is 3. The van der Waals surface area contributed by atoms with Crippen LogP contribution in [0.4, 0.5) is 14.5 Å². The fourth-order valence-corrected chi connectivity index (χ4v) is 4.12. The molecule has 1 saturated carbocycles. The highest BCUT2D eigenvalue weighted by atomic mass is 35.5. The Balaban J connectivity index is 1.68. The van der Waals surface area contributed by atoms with Crippen LogP contribution in [0.15, 0.2) is 42.5 Å². The fourth-order valence-electron chi connectivity index (χ4n) is 3.57. The van der Waals surface area contributed by atoms with Crippen LogP contribution in [0.2, 0.25) is 5.02 Å². The molecule has 0 aromatic heterocycles. The highest BCUT2D eigenvalue weighted by Crippen LogP contribution is 2.34. The first-order valence-corrected chi connectivity index (χ1v) is 9.54. The first-order chi connectivity index (χ1) is 12.5. The van der Waals surface area contributed by atoms with Crippen LogP contribution in [-0.4, -0.2) is 10.7 Å². The second-order valence-electron chi connectivity index (χ2n) is 6.75. The van der Waals surface area contributed by atoms with E-state index in [1.54, 1.807) is 0 Å². The summed E-state index contributed by atoms with van der Waals surface area (Å²) in [5, 5.41) is 7.02. The van der Waals surface area contributed by atoms with Crippen LogP contribution < -0.4 is 10.6 Å². The molecule has 1 fully saturated rings. The smallest absolute Gasteiger partial charge is 0.171 e. The van der Waals surface area contributed by atoms with Crippen LogP contribution in [0.1, 0.15) is 37.7 Å². The molecule has 0 aliphatic heterocycles. The molecule has 0 saturated heterocycles. The van der Waals surface area contributed by atoms with Crippen molar-refractivity contribution in [2.75, 3.05) is 5.32 Å². The Kier molecular flexibility index (Phi) is 6.09. The van der Waals surface area contributed by atoms with Gasteiger partial charge in [-0.25, -0.2) is 8.78 Å². The molecule has 2 aromatic carbocycles. The molecule has 6 heteroatoms. The van der Waals surface area contributed by atoms with Gasteiger partial charge in [0.25, 0.3) is 0 Å². The van der Waals surface area contributed by atoms with Crippen LogP contribution in [0.25, 0.3) is 0 Å². The Bertz CT molecular complexity index is 771. The number of aryl methyl sites for hydroxylation is 1. The number of rotatable bonds is 5. The van der Waals surface area contributed by atoms with Gasteiger partial charge in [0.05, 0.1) is 0 Å². The normalized spacial score (nSPS) is 15.7. The zero-order valence-corrected chi connectivity index (χ0v) is 15.9. The minimum atomic E-state index is -0.661. The van der Waals surface area contributed by atoms with Crippen molar-refractivity contribution in [1.29, 1.82) is 0 Å². The zero-order valence-electron chi connectivity index (χ0n) is 14.3. The molecule has 2 nitrogen and oxygen atoms in total. The molecule has 2 aromatic rings. The summed E-state index contributed by atoms with van der Waals surface area (Å²) in [5.41, 5.74) is 0.705. The minimum absolute atomic E-state index is 0.176. The summed E-state index contributed by atoms with van der Waals surface area (Å²) in [6.45, 7) is 0. The maximum Gasteiger partial charge on any atom is 0.171 e. The molecule has 0 amide bonds. The van der Waals surface area contributed by atoms with Crippen molar-refractivity contribution in [1.82, 2.24) is 5.32 Å². The van der Waals surface area contributed by atoms with E-state index in [-0.39, 0.29) is 16.3 Å². The predicted molar refractivity (Wildman–Crippen MR) is 107 cm³/mol. The Labute approximate surface area is 162 Å². The number of anilines is 1. The third-order valence-corrected chi connectivity index (χ3v) is 5.54. The molecule has 0 heterocycles. The molecule has 1 aliphatic carbocycles. The molecule has 0 radical (unpaired) electrons. The molecule has 3 rings (SSSR count). The van der Waals surface area contributed by atoms with Gasteiger partial charge in [-0.1, -0.05) is 48.7 Å². The maximum atomic E-state index is 13.8. The SMILES string of the molecule is Fc1cccc(F)c1NC(=S)NC1(CCc2ccccc2Cl)CCCC1. The number of nitrogens with one attached hydrogen (secondary N) is 2. The highest BCUT2D eigenvalue weighted by Gasteiger charge is 2.34. The number of benzene rings is 2. The number of hydrogen-bond acceptors (Lipinski definition) is 1. The van der Waals surface area contributed by atoms with Crippen LogP contribution in [0.5, 0.6) is 0 Å². The average Bonchev–Trinajstić information content (AvgIpc) is 3.06. The van der Waals surface area contributed by atoms with Crippen LogP contribution in [-0.2, 0) is 6.42 Å². The van der Waals surface area contributed by atoms with Crippen molar-refractivity contribution in [2.24, 2.45) is 0 Å². The quantitative estimate of drug-likeness (QED) is 0.622. The third-order valence-electron chi connectivity index (χ3n) is 4.97. The summed E-state index contributed by atoms with van der Waals surface area (Å²) in [7, 11) is 0. The Morgan fingerprint density at radius 3 is 2.35 bits per heavy atom. The molecule has 0 unspecified atom stereocenters. The summed E-state index contributed by atoms with van der Waals surface area (Å²) in [5.74, 6) is -1.32. The van der Waals surface area contributed by atoms with E-state index in [2.05, 4.69) is 10.6 Å². The van der Waals surface area contributed by atoms with Gasteiger partial charge in [-0.2, -0.15) is 0 Å². The second-order valence-corrected chi connectivity index (χ2v) is 7.57. The second kappa shape index (κ2) is 8.31. The van der Waals surface area contributed by atoms with E-state index in [0.717, 1.165) is 49.1 Å². The van der Waals surface area contributed by atoms with E-state index in [1.165, 1.54) is 18.2 Å². The first kappa shape index (κ1) is 19.1. The lowest BCUT2D eigenvalue weighted by Gasteiger charge is -2.32. The molecule has 0 atom stereocenters. The molecular formula is C20H21ClF2N2S. The average molecular weight is 395 g/mol. The topological polar surface area (TPSA) is 24.1 Å². The lowest BCUT2D eigenvalue weighted by atomic mass is 9.89. The molecule has 2 N–H and O–H groups in total. The van der Waals surface area contributed by atoms with Gasteiger partial charge in [0, 0.05) is 10.6 Å². The van der Waals surface area contributed by atoms with E-state index in [4.69, 9.17) is 23.8 Å². The number of thiocarbonyl (C=S) groups is 1. The van der Waals surface area contributed by atoms with Crippen molar-refractivity contribution in [3.63, 3.8) is 0 Å². The Morgan fingerprint density at radius 2 is 1.69 bits per heavy atom. The van der Waals surface area contributed by atoms with Crippen molar-refractivity contribution in [2.45, 2.75) is 44.1 Å². The lowest BCUT2D eigenvalue weighted by molar-refractivity contribution is 0.362. The van der Waals surface area contributed by atoms with Gasteiger partial charge in [0.15, 0.2) is 5.11 Å². The Hall–Kier alpha value is -1.72. The molecule has 1 aliphatic rings. The van der Waals surface area contributed by atoms with E-state index >= 15 is 0 Å². The van der Waals surface area contributed by atoms with Crippen molar-refractivity contribution in [3.05, 3.63) is 64.7 Å². The van der Waals surface area contributed by atoms with Gasteiger partial charge < -0.3 is 10.6 Å². The monoisotopic (exact) mass is 394 g/mol. The summed E-state index contributed by atoms with van der Waals surface area (Å²) < 4.78 is 27.7. The van der Waals surface area contributed by atoms with Crippen LogP contribution in [0.3, 0.4) is 0 Å². The third kappa shape index (κ3) is 4.51. The van der Waals surface area contributed by atoms with Crippen molar-refractivity contribution < 1.29 is 8.78 Å². The number of hydrogen-bond donors (Lipinski definition) is 2. The summed E-state index contributed by atoms with van der Waals surface area (Å²) in [6.07, 6.45) is 5.83. The van der Waals surface area contributed by atoms with Crippen LogP contribution in [0, 0.1) is 11.6 Å². The van der Waals surface area contributed by atoms with Gasteiger partial charge in [0.1, 0.15) is 17.3 Å². The molecule has 26 heavy (non-hydrogen) atoms. The highest BCUT2D eigenvalue weighted by molar-refractivity contribution is 7.80.